The molecule has 3 aromatic carbocycles. The van der Waals surface area contributed by atoms with Crippen molar-refractivity contribution >= 4 is 29.1 Å². The smallest absolute Gasteiger partial charge is 0.251 e. The molecule has 2 amide bonds. The number of hydrogen-bond acceptors (Lipinski definition) is 4. The molecule has 1 saturated heterocycles. The van der Waals surface area contributed by atoms with Gasteiger partial charge in [-0.1, -0.05) is 54.1 Å². The normalized spacial score (nSPS) is 22.5. The topological polar surface area (TPSA) is 61.9 Å². The SMILES string of the molecule is O=C(NCCCN1CCOCC1)c1cccc(CN2C(=O)[C@@]3(C[C@H]3c3ccc(Cl)cc3)c3ccccc32)c1. The van der Waals surface area contributed by atoms with Crippen LogP contribution in [-0.2, 0) is 21.5 Å². The van der Waals surface area contributed by atoms with Crippen molar-refractivity contribution in [3.63, 3.8) is 0 Å². The van der Waals surface area contributed by atoms with Gasteiger partial charge >= 0.3 is 0 Å². The number of carbonyl (C=O) groups excluding carboxylic acids is 2. The molecule has 1 spiro atoms. The van der Waals surface area contributed by atoms with Gasteiger partial charge in [-0.2, -0.15) is 0 Å². The summed E-state index contributed by atoms with van der Waals surface area (Å²) in [6, 6.07) is 23.6. The predicted molar refractivity (Wildman–Crippen MR) is 149 cm³/mol. The van der Waals surface area contributed by atoms with Gasteiger partial charge < -0.3 is 15.0 Å². The number of anilines is 1. The summed E-state index contributed by atoms with van der Waals surface area (Å²) >= 11 is 6.10. The quantitative estimate of drug-likeness (QED) is 0.427. The maximum atomic E-state index is 13.9. The van der Waals surface area contributed by atoms with E-state index >= 15 is 0 Å². The van der Waals surface area contributed by atoms with E-state index < -0.39 is 5.41 Å². The van der Waals surface area contributed by atoms with Crippen molar-refractivity contribution in [2.75, 3.05) is 44.3 Å². The third-order valence-corrected chi connectivity index (χ3v) is 8.36. The van der Waals surface area contributed by atoms with Crippen LogP contribution in [0.15, 0.2) is 72.8 Å². The highest BCUT2D eigenvalue weighted by molar-refractivity contribution is 6.30. The van der Waals surface area contributed by atoms with Gasteiger partial charge in [-0.25, -0.2) is 0 Å². The first-order chi connectivity index (χ1) is 18.6. The molecule has 2 fully saturated rings. The fourth-order valence-corrected chi connectivity index (χ4v) is 6.15. The molecule has 38 heavy (non-hydrogen) atoms. The predicted octanol–water partition coefficient (Wildman–Crippen LogP) is 4.76. The van der Waals surface area contributed by atoms with E-state index in [1.807, 2.05) is 71.6 Å². The Morgan fingerprint density at radius 3 is 2.63 bits per heavy atom. The first-order valence-electron chi connectivity index (χ1n) is 13.4. The second-order valence-electron chi connectivity index (χ2n) is 10.5. The number of fused-ring (bicyclic) bond motifs is 2. The molecule has 0 bridgehead atoms. The number of para-hydroxylation sites is 1. The van der Waals surface area contributed by atoms with Crippen LogP contribution in [0.2, 0.25) is 5.02 Å². The second kappa shape index (κ2) is 10.5. The monoisotopic (exact) mass is 529 g/mol. The van der Waals surface area contributed by atoms with Crippen molar-refractivity contribution in [1.82, 2.24) is 10.2 Å². The van der Waals surface area contributed by atoms with E-state index in [1.54, 1.807) is 0 Å². The average molecular weight is 530 g/mol. The van der Waals surface area contributed by atoms with Crippen molar-refractivity contribution in [3.05, 3.63) is 100 Å². The molecule has 3 aliphatic rings. The van der Waals surface area contributed by atoms with Gasteiger partial charge in [0, 0.05) is 41.8 Å². The highest BCUT2D eigenvalue weighted by Gasteiger charge is 2.67. The maximum Gasteiger partial charge on any atom is 0.251 e. The summed E-state index contributed by atoms with van der Waals surface area (Å²) < 4.78 is 5.39. The van der Waals surface area contributed by atoms with E-state index in [1.165, 1.54) is 0 Å². The Balaban J connectivity index is 1.13. The number of ether oxygens (including phenoxy) is 1. The molecule has 3 aromatic rings. The lowest BCUT2D eigenvalue weighted by Crippen LogP contribution is -2.38. The molecular weight excluding hydrogens is 498 g/mol. The van der Waals surface area contributed by atoms with Gasteiger partial charge in [-0.3, -0.25) is 14.5 Å². The number of nitrogens with zero attached hydrogens (tertiary/aromatic N) is 2. The van der Waals surface area contributed by atoms with Crippen LogP contribution >= 0.6 is 11.6 Å². The first kappa shape index (κ1) is 25.1. The number of nitrogens with one attached hydrogen (secondary N) is 1. The number of carbonyl (C=O) groups is 2. The molecule has 1 saturated carbocycles. The van der Waals surface area contributed by atoms with E-state index in [2.05, 4.69) is 16.3 Å². The Labute approximate surface area is 228 Å². The molecule has 6 rings (SSSR count). The van der Waals surface area contributed by atoms with Crippen LogP contribution in [0.25, 0.3) is 0 Å². The molecule has 0 aromatic heterocycles. The summed E-state index contributed by atoms with van der Waals surface area (Å²) in [6.45, 7) is 5.50. The number of benzene rings is 3. The molecule has 0 radical (unpaired) electrons. The Bertz CT molecular complexity index is 1340. The number of rotatable bonds is 8. The largest absolute Gasteiger partial charge is 0.379 e. The zero-order valence-corrected chi connectivity index (χ0v) is 22.1. The second-order valence-corrected chi connectivity index (χ2v) is 10.9. The highest BCUT2D eigenvalue weighted by atomic mass is 35.5. The third kappa shape index (κ3) is 4.73. The lowest BCUT2D eigenvalue weighted by atomic mass is 9.92. The minimum absolute atomic E-state index is 0.0801. The third-order valence-electron chi connectivity index (χ3n) is 8.11. The van der Waals surface area contributed by atoms with Crippen molar-refractivity contribution in [2.24, 2.45) is 0 Å². The molecule has 1 aliphatic carbocycles. The maximum absolute atomic E-state index is 13.9. The summed E-state index contributed by atoms with van der Waals surface area (Å²) in [5.41, 5.74) is 4.25. The minimum Gasteiger partial charge on any atom is -0.379 e. The van der Waals surface area contributed by atoms with Crippen LogP contribution in [0.3, 0.4) is 0 Å². The van der Waals surface area contributed by atoms with E-state index in [4.69, 9.17) is 16.3 Å². The van der Waals surface area contributed by atoms with Crippen LogP contribution in [-0.4, -0.2) is 56.1 Å². The molecule has 196 valence electrons. The summed E-state index contributed by atoms with van der Waals surface area (Å²) in [6.07, 6.45) is 1.70. The van der Waals surface area contributed by atoms with Crippen molar-refractivity contribution in [1.29, 1.82) is 0 Å². The van der Waals surface area contributed by atoms with Gasteiger partial charge in [0.2, 0.25) is 5.91 Å². The van der Waals surface area contributed by atoms with Crippen molar-refractivity contribution in [3.8, 4) is 0 Å². The number of amides is 2. The summed E-state index contributed by atoms with van der Waals surface area (Å²) in [7, 11) is 0. The van der Waals surface area contributed by atoms with Crippen LogP contribution < -0.4 is 10.2 Å². The van der Waals surface area contributed by atoms with Crippen LogP contribution in [0, 0.1) is 0 Å². The zero-order chi connectivity index (χ0) is 26.1. The van der Waals surface area contributed by atoms with Gasteiger partial charge in [-0.05, 0) is 66.4 Å². The van der Waals surface area contributed by atoms with E-state index in [0.717, 1.165) is 68.1 Å². The van der Waals surface area contributed by atoms with E-state index in [0.29, 0.717) is 23.7 Å². The van der Waals surface area contributed by atoms with Crippen molar-refractivity contribution in [2.45, 2.75) is 30.7 Å². The standard InChI is InChI=1S/C31H32ClN3O3/c32-25-11-9-23(10-12-25)27-20-31(27)26-7-1-2-8-28(26)35(30(31)37)21-22-5-3-6-24(19-22)29(36)33-13-4-14-34-15-17-38-18-16-34/h1-3,5-12,19,27H,4,13-18,20-21H2,(H,33,36)/t27-,31-/m0/s1. The molecule has 2 heterocycles. The van der Waals surface area contributed by atoms with Gasteiger partial charge in [0.25, 0.3) is 5.91 Å². The van der Waals surface area contributed by atoms with Gasteiger partial charge in [0.05, 0.1) is 25.2 Å². The first-order valence-corrected chi connectivity index (χ1v) is 13.8. The summed E-state index contributed by atoms with van der Waals surface area (Å²) in [4.78, 5) is 31.0. The van der Waals surface area contributed by atoms with Crippen LogP contribution in [0.5, 0.6) is 0 Å². The minimum atomic E-state index is -0.514. The molecule has 6 nitrogen and oxygen atoms in total. The molecule has 2 aliphatic heterocycles. The molecule has 0 unspecified atom stereocenters. The van der Waals surface area contributed by atoms with E-state index in [-0.39, 0.29) is 17.7 Å². The lowest BCUT2D eigenvalue weighted by Gasteiger charge is -2.26. The number of morpholine rings is 1. The Hall–Kier alpha value is -3.19. The molecule has 1 N–H and O–H groups in total. The molecule has 2 atom stereocenters. The van der Waals surface area contributed by atoms with Crippen LogP contribution in [0.1, 0.15) is 45.8 Å². The van der Waals surface area contributed by atoms with Crippen LogP contribution in [0.4, 0.5) is 5.69 Å². The highest BCUT2D eigenvalue weighted by Crippen LogP contribution is 2.66. The fourth-order valence-electron chi connectivity index (χ4n) is 6.03. The molecular formula is C31H32ClN3O3. The number of hydrogen-bond donors (Lipinski definition) is 1. The summed E-state index contributed by atoms with van der Waals surface area (Å²) in [5.74, 6) is 0.202. The van der Waals surface area contributed by atoms with Gasteiger partial charge in [0.15, 0.2) is 0 Å². The summed E-state index contributed by atoms with van der Waals surface area (Å²) in [5, 5.41) is 3.75. The van der Waals surface area contributed by atoms with Gasteiger partial charge in [-0.15, -0.1) is 0 Å². The fraction of sp³-hybridized carbons (Fsp3) is 0.355. The Morgan fingerprint density at radius 1 is 1.03 bits per heavy atom. The number of halogens is 1. The lowest BCUT2D eigenvalue weighted by molar-refractivity contribution is -0.120. The van der Waals surface area contributed by atoms with E-state index in [9.17, 15) is 9.59 Å². The average Bonchev–Trinajstić information content (AvgIpc) is 3.67. The van der Waals surface area contributed by atoms with Crippen molar-refractivity contribution < 1.29 is 14.3 Å². The Kier molecular flexibility index (Phi) is 6.95. The zero-order valence-electron chi connectivity index (χ0n) is 21.4. The molecule has 7 heteroatoms. The van der Waals surface area contributed by atoms with Gasteiger partial charge in [0.1, 0.15) is 0 Å². The Morgan fingerprint density at radius 2 is 1.82 bits per heavy atom.